The maximum Gasteiger partial charge on any atom is 0.254 e. The number of amides is 1. The minimum atomic E-state index is -0.198. The molecule has 7 heteroatoms. The van der Waals surface area contributed by atoms with Crippen molar-refractivity contribution in [1.29, 1.82) is 0 Å². The second-order valence-corrected chi connectivity index (χ2v) is 5.80. The lowest BCUT2D eigenvalue weighted by molar-refractivity contribution is 0.0939. The molecular formula is C17H21N5O2. The zero-order valence-corrected chi connectivity index (χ0v) is 13.9. The normalized spacial score (nSPS) is 15.8. The number of carbonyl (C=O) groups is 1. The van der Waals surface area contributed by atoms with E-state index >= 15 is 0 Å². The highest BCUT2D eigenvalue weighted by Crippen LogP contribution is 2.13. The molecule has 1 unspecified atom stereocenters. The Morgan fingerprint density at radius 1 is 1.17 bits per heavy atom. The second-order valence-electron chi connectivity index (χ2n) is 5.80. The van der Waals surface area contributed by atoms with E-state index in [4.69, 9.17) is 4.74 Å². The van der Waals surface area contributed by atoms with Crippen molar-refractivity contribution in [3.05, 3.63) is 47.5 Å². The summed E-state index contributed by atoms with van der Waals surface area (Å²) in [5, 5.41) is 2.94. The van der Waals surface area contributed by atoms with Crippen LogP contribution in [0, 0.1) is 6.92 Å². The van der Waals surface area contributed by atoms with Gasteiger partial charge in [0.25, 0.3) is 5.91 Å². The zero-order valence-electron chi connectivity index (χ0n) is 13.9. The van der Waals surface area contributed by atoms with Gasteiger partial charge in [-0.25, -0.2) is 9.97 Å². The topological polar surface area (TPSA) is 80.2 Å². The summed E-state index contributed by atoms with van der Waals surface area (Å²) in [6.07, 6.45) is 4.90. The van der Waals surface area contributed by atoms with Crippen LogP contribution in [0.5, 0.6) is 0 Å². The van der Waals surface area contributed by atoms with Crippen molar-refractivity contribution in [3.63, 3.8) is 0 Å². The summed E-state index contributed by atoms with van der Waals surface area (Å²) >= 11 is 0. The van der Waals surface area contributed by atoms with Crippen molar-refractivity contribution in [2.75, 3.05) is 31.2 Å². The van der Waals surface area contributed by atoms with Gasteiger partial charge in [-0.1, -0.05) is 6.07 Å². The quantitative estimate of drug-likeness (QED) is 0.917. The molecule has 0 spiro atoms. The number of morpholine rings is 1. The van der Waals surface area contributed by atoms with Gasteiger partial charge in [0.1, 0.15) is 0 Å². The summed E-state index contributed by atoms with van der Waals surface area (Å²) in [4.78, 5) is 27.2. The summed E-state index contributed by atoms with van der Waals surface area (Å²) in [5.74, 6) is 0.433. The largest absolute Gasteiger partial charge is 0.378 e. The van der Waals surface area contributed by atoms with E-state index in [1.54, 1.807) is 18.6 Å². The van der Waals surface area contributed by atoms with Crippen LogP contribution in [-0.4, -0.2) is 47.2 Å². The minimum Gasteiger partial charge on any atom is -0.378 e. The Hall–Kier alpha value is -2.54. The van der Waals surface area contributed by atoms with Gasteiger partial charge in [0.05, 0.1) is 24.8 Å². The van der Waals surface area contributed by atoms with Gasteiger partial charge in [-0.15, -0.1) is 0 Å². The summed E-state index contributed by atoms with van der Waals surface area (Å²) in [7, 11) is 0. The van der Waals surface area contributed by atoms with Crippen LogP contribution in [0.1, 0.15) is 34.6 Å². The van der Waals surface area contributed by atoms with Crippen molar-refractivity contribution < 1.29 is 9.53 Å². The Morgan fingerprint density at radius 3 is 2.50 bits per heavy atom. The molecule has 7 nitrogen and oxygen atoms in total. The van der Waals surface area contributed by atoms with Crippen LogP contribution >= 0.6 is 0 Å². The summed E-state index contributed by atoms with van der Waals surface area (Å²) in [6.45, 7) is 6.74. The molecule has 1 aliphatic rings. The Bertz CT molecular complexity index is 681. The van der Waals surface area contributed by atoms with Crippen LogP contribution in [0.4, 0.5) is 5.95 Å². The number of carbonyl (C=O) groups excluding carboxylic acids is 1. The molecule has 2 aromatic heterocycles. The fourth-order valence-corrected chi connectivity index (χ4v) is 2.46. The molecular weight excluding hydrogens is 306 g/mol. The van der Waals surface area contributed by atoms with Crippen molar-refractivity contribution >= 4 is 11.9 Å². The summed E-state index contributed by atoms with van der Waals surface area (Å²) in [5.41, 5.74) is 2.35. The van der Waals surface area contributed by atoms with Crippen molar-refractivity contribution in [1.82, 2.24) is 20.3 Å². The standard InChI is InChI=1S/C17H21N5O2/c1-12-3-4-14(9-18-12)13(2)21-16(23)15-10-19-17(20-11-15)22-5-7-24-8-6-22/h3-4,9-11,13H,5-8H2,1-2H3,(H,21,23). The fraction of sp³-hybridized carbons (Fsp3) is 0.412. The van der Waals surface area contributed by atoms with Crippen molar-refractivity contribution in [2.24, 2.45) is 0 Å². The molecule has 0 bridgehead atoms. The highest BCUT2D eigenvalue weighted by Gasteiger charge is 2.16. The lowest BCUT2D eigenvalue weighted by Crippen LogP contribution is -2.37. The van der Waals surface area contributed by atoms with E-state index < -0.39 is 0 Å². The van der Waals surface area contributed by atoms with Crippen LogP contribution < -0.4 is 10.2 Å². The molecule has 3 heterocycles. The van der Waals surface area contributed by atoms with Gasteiger partial charge in [0.2, 0.25) is 5.95 Å². The molecule has 2 aromatic rings. The van der Waals surface area contributed by atoms with Gasteiger partial charge < -0.3 is 15.0 Å². The number of aryl methyl sites for hydroxylation is 1. The molecule has 1 saturated heterocycles. The third-order valence-corrected chi connectivity index (χ3v) is 3.98. The van der Waals surface area contributed by atoms with Gasteiger partial charge in [0, 0.05) is 37.4 Å². The third kappa shape index (κ3) is 3.86. The molecule has 0 aromatic carbocycles. The van der Waals surface area contributed by atoms with Crippen LogP contribution in [0.3, 0.4) is 0 Å². The predicted molar refractivity (Wildman–Crippen MR) is 89.9 cm³/mol. The SMILES string of the molecule is Cc1ccc(C(C)NC(=O)c2cnc(N3CCOCC3)nc2)cn1. The first-order chi connectivity index (χ1) is 11.6. The number of hydrogen-bond acceptors (Lipinski definition) is 6. The van der Waals surface area contributed by atoms with E-state index in [2.05, 4.69) is 20.3 Å². The predicted octanol–water partition coefficient (Wildman–Crippen LogP) is 1.51. The Balaban J connectivity index is 1.63. The van der Waals surface area contributed by atoms with E-state index in [0.29, 0.717) is 24.7 Å². The van der Waals surface area contributed by atoms with E-state index in [0.717, 1.165) is 24.3 Å². The van der Waals surface area contributed by atoms with E-state index in [9.17, 15) is 4.79 Å². The number of aromatic nitrogens is 3. The first kappa shape index (κ1) is 16.3. The number of rotatable bonds is 4. The average molecular weight is 327 g/mol. The zero-order chi connectivity index (χ0) is 16.9. The highest BCUT2D eigenvalue weighted by atomic mass is 16.5. The number of nitrogens with zero attached hydrogens (tertiary/aromatic N) is 4. The number of hydrogen-bond donors (Lipinski definition) is 1. The molecule has 1 amide bonds. The molecule has 126 valence electrons. The van der Waals surface area contributed by atoms with Crippen LogP contribution in [0.25, 0.3) is 0 Å². The van der Waals surface area contributed by atoms with Gasteiger partial charge in [-0.05, 0) is 25.5 Å². The number of ether oxygens (including phenoxy) is 1. The molecule has 3 rings (SSSR count). The van der Waals surface area contributed by atoms with E-state index in [1.807, 2.05) is 30.9 Å². The minimum absolute atomic E-state index is 0.135. The Morgan fingerprint density at radius 2 is 1.88 bits per heavy atom. The smallest absolute Gasteiger partial charge is 0.254 e. The van der Waals surface area contributed by atoms with Crippen LogP contribution in [0.15, 0.2) is 30.7 Å². The van der Waals surface area contributed by atoms with Gasteiger partial charge in [0.15, 0.2) is 0 Å². The molecule has 24 heavy (non-hydrogen) atoms. The van der Waals surface area contributed by atoms with E-state index in [1.165, 1.54) is 0 Å². The molecule has 0 aliphatic carbocycles. The van der Waals surface area contributed by atoms with Crippen molar-refractivity contribution in [3.8, 4) is 0 Å². The highest BCUT2D eigenvalue weighted by molar-refractivity contribution is 5.93. The molecule has 0 radical (unpaired) electrons. The summed E-state index contributed by atoms with van der Waals surface area (Å²) < 4.78 is 5.31. The molecule has 1 atom stereocenters. The van der Waals surface area contributed by atoms with Gasteiger partial charge in [-0.3, -0.25) is 9.78 Å². The fourth-order valence-electron chi connectivity index (χ4n) is 2.46. The average Bonchev–Trinajstić information content (AvgIpc) is 2.63. The second kappa shape index (κ2) is 7.35. The van der Waals surface area contributed by atoms with Gasteiger partial charge >= 0.3 is 0 Å². The maximum atomic E-state index is 12.3. The van der Waals surface area contributed by atoms with Crippen LogP contribution in [0.2, 0.25) is 0 Å². The number of pyridine rings is 1. The van der Waals surface area contributed by atoms with E-state index in [-0.39, 0.29) is 11.9 Å². The Labute approximate surface area is 141 Å². The number of nitrogens with one attached hydrogen (secondary N) is 1. The molecule has 1 N–H and O–H groups in total. The molecule has 1 fully saturated rings. The third-order valence-electron chi connectivity index (χ3n) is 3.98. The summed E-state index contributed by atoms with van der Waals surface area (Å²) in [6, 6.07) is 3.76. The molecule has 0 saturated carbocycles. The first-order valence-corrected chi connectivity index (χ1v) is 8.01. The Kier molecular flexibility index (Phi) is 5.00. The molecule has 1 aliphatic heterocycles. The lowest BCUT2D eigenvalue weighted by Gasteiger charge is -2.26. The van der Waals surface area contributed by atoms with Crippen LogP contribution in [-0.2, 0) is 4.74 Å². The van der Waals surface area contributed by atoms with Gasteiger partial charge in [-0.2, -0.15) is 0 Å². The maximum absolute atomic E-state index is 12.3. The van der Waals surface area contributed by atoms with Crippen molar-refractivity contribution in [2.45, 2.75) is 19.9 Å². The lowest BCUT2D eigenvalue weighted by atomic mass is 10.1. The number of anilines is 1. The monoisotopic (exact) mass is 327 g/mol. The first-order valence-electron chi connectivity index (χ1n) is 8.01.